The summed E-state index contributed by atoms with van der Waals surface area (Å²) in [5.41, 5.74) is 0. The van der Waals surface area contributed by atoms with Gasteiger partial charge >= 0.3 is 17.9 Å². The van der Waals surface area contributed by atoms with Gasteiger partial charge in [0.2, 0.25) is 0 Å². The van der Waals surface area contributed by atoms with E-state index in [-0.39, 0.29) is 6.61 Å². The number of carbonyl (C=O) groups is 3. The Morgan fingerprint density at radius 2 is 1.72 bits per heavy atom. The molecule has 0 aliphatic carbocycles. The number of fused-ring (bicyclic) bond motifs is 1. The first-order valence-electron chi connectivity index (χ1n) is 8.14. The molecule has 0 aromatic carbocycles. The number of hydrogen-bond donors (Lipinski definition) is 0. The minimum absolute atomic E-state index is 0.127. The van der Waals surface area contributed by atoms with Gasteiger partial charge < -0.3 is 23.7 Å². The molecular formula is C16H23NO8. The highest BCUT2D eigenvalue weighted by Gasteiger charge is 2.52. The topological polar surface area (TPSA) is 110 Å². The second-order valence-electron chi connectivity index (χ2n) is 5.81. The van der Waals surface area contributed by atoms with Crippen LogP contribution < -0.4 is 0 Å². The summed E-state index contributed by atoms with van der Waals surface area (Å²) in [6.45, 7) is 5.92. The molecule has 0 N–H and O–H groups in total. The average Bonchev–Trinajstić information content (AvgIpc) is 2.89. The number of rotatable bonds is 5. The van der Waals surface area contributed by atoms with E-state index < -0.39 is 48.4 Å². The van der Waals surface area contributed by atoms with Crippen LogP contribution in [0.15, 0.2) is 4.99 Å². The van der Waals surface area contributed by atoms with Crippen molar-refractivity contribution in [3.05, 3.63) is 0 Å². The van der Waals surface area contributed by atoms with Gasteiger partial charge in [0.15, 0.2) is 18.1 Å². The maximum absolute atomic E-state index is 11.5. The van der Waals surface area contributed by atoms with Gasteiger partial charge in [-0.2, -0.15) is 0 Å². The fourth-order valence-electron chi connectivity index (χ4n) is 2.98. The molecule has 0 aromatic rings. The summed E-state index contributed by atoms with van der Waals surface area (Å²) in [4.78, 5) is 38.6. The molecule has 0 amide bonds. The fourth-order valence-corrected chi connectivity index (χ4v) is 2.98. The van der Waals surface area contributed by atoms with Gasteiger partial charge in [0, 0.05) is 20.8 Å². The fraction of sp³-hybridized carbons (Fsp3) is 0.750. The molecule has 2 aliphatic heterocycles. The molecule has 0 aromatic heterocycles. The monoisotopic (exact) mass is 357 g/mol. The third-order valence-corrected chi connectivity index (χ3v) is 3.79. The molecule has 5 atom stereocenters. The van der Waals surface area contributed by atoms with Crippen molar-refractivity contribution in [1.82, 2.24) is 0 Å². The Morgan fingerprint density at radius 3 is 2.28 bits per heavy atom. The summed E-state index contributed by atoms with van der Waals surface area (Å²) in [5, 5.41) is 0. The maximum Gasteiger partial charge on any atom is 0.303 e. The number of ether oxygens (including phenoxy) is 5. The lowest BCUT2D eigenvalue weighted by atomic mass is 9.93. The summed E-state index contributed by atoms with van der Waals surface area (Å²) in [6.07, 6.45) is -2.57. The van der Waals surface area contributed by atoms with Crippen LogP contribution in [-0.4, -0.2) is 67.5 Å². The third-order valence-electron chi connectivity index (χ3n) is 3.79. The quantitative estimate of drug-likeness (QED) is 0.513. The first-order chi connectivity index (χ1) is 11.8. The van der Waals surface area contributed by atoms with Crippen molar-refractivity contribution in [2.24, 2.45) is 4.99 Å². The van der Waals surface area contributed by atoms with E-state index in [4.69, 9.17) is 23.7 Å². The number of aliphatic imine (C=N–C) groups is 1. The molecule has 0 saturated carbocycles. The molecule has 0 radical (unpaired) electrons. The number of esters is 3. The van der Waals surface area contributed by atoms with Crippen LogP contribution in [0.2, 0.25) is 0 Å². The molecule has 1 unspecified atom stereocenters. The molecular weight excluding hydrogens is 334 g/mol. The minimum atomic E-state index is -0.938. The maximum atomic E-state index is 11.5. The van der Waals surface area contributed by atoms with E-state index in [2.05, 4.69) is 4.99 Å². The molecule has 1 saturated heterocycles. The first kappa shape index (κ1) is 19.2. The lowest BCUT2D eigenvalue weighted by molar-refractivity contribution is -0.217. The van der Waals surface area contributed by atoms with Gasteiger partial charge in [-0.1, -0.05) is 0 Å². The lowest BCUT2D eigenvalue weighted by Gasteiger charge is -2.41. The highest BCUT2D eigenvalue weighted by molar-refractivity contribution is 5.79. The van der Waals surface area contributed by atoms with Crippen LogP contribution in [0.25, 0.3) is 0 Å². The van der Waals surface area contributed by atoms with E-state index in [0.717, 1.165) is 0 Å². The van der Waals surface area contributed by atoms with Crippen molar-refractivity contribution in [2.45, 2.75) is 64.6 Å². The predicted octanol–water partition coefficient (Wildman–Crippen LogP) is 0.388. The van der Waals surface area contributed by atoms with Crippen LogP contribution in [0.1, 0.15) is 34.1 Å². The van der Waals surface area contributed by atoms with Gasteiger partial charge in [0.05, 0.1) is 19.1 Å². The van der Waals surface area contributed by atoms with E-state index in [9.17, 15) is 14.4 Å². The number of hydrogen-bond acceptors (Lipinski definition) is 9. The molecule has 25 heavy (non-hydrogen) atoms. The van der Waals surface area contributed by atoms with Crippen LogP contribution >= 0.6 is 0 Å². The summed E-state index contributed by atoms with van der Waals surface area (Å²) in [6, 6.07) is -0.552. The summed E-state index contributed by atoms with van der Waals surface area (Å²) >= 11 is 0. The van der Waals surface area contributed by atoms with Crippen LogP contribution in [-0.2, 0) is 38.1 Å². The zero-order valence-electron chi connectivity index (χ0n) is 14.7. The number of carbonyl (C=O) groups excluding carboxylic acids is 3. The van der Waals surface area contributed by atoms with Crippen LogP contribution in [0.3, 0.4) is 0 Å². The molecule has 140 valence electrons. The van der Waals surface area contributed by atoms with Crippen molar-refractivity contribution in [1.29, 1.82) is 0 Å². The highest BCUT2D eigenvalue weighted by atomic mass is 16.6. The Balaban J connectivity index is 2.27. The summed E-state index contributed by atoms with van der Waals surface area (Å²) in [5.74, 6) is -1.10. The van der Waals surface area contributed by atoms with Crippen molar-refractivity contribution in [3.63, 3.8) is 0 Å². The predicted molar refractivity (Wildman–Crippen MR) is 83.9 cm³/mol. The zero-order valence-corrected chi connectivity index (χ0v) is 14.7. The molecule has 0 spiro atoms. The normalized spacial score (nSPS) is 30.7. The molecule has 9 nitrogen and oxygen atoms in total. The van der Waals surface area contributed by atoms with Gasteiger partial charge in [0.1, 0.15) is 18.8 Å². The van der Waals surface area contributed by atoms with Crippen molar-refractivity contribution >= 4 is 23.8 Å². The van der Waals surface area contributed by atoms with Crippen molar-refractivity contribution < 1.29 is 38.1 Å². The van der Waals surface area contributed by atoms with Crippen LogP contribution in [0, 0.1) is 0 Å². The van der Waals surface area contributed by atoms with E-state index in [1.165, 1.54) is 20.8 Å². The smallest absolute Gasteiger partial charge is 0.303 e. The standard InChI is InChI=1S/C16H23NO8/c1-5-21-13-6-11-14(17-13)16(24-10(4)20)15(23-9(3)19)12(25-11)7-22-8(2)18/h11-12,14-16H,5-7H2,1-4H3/t11?,12-,14+,15-,16-/m1/s1. The number of nitrogens with zero attached hydrogens (tertiary/aromatic N) is 1. The first-order valence-corrected chi connectivity index (χ1v) is 8.14. The Labute approximate surface area is 145 Å². The summed E-state index contributed by atoms with van der Waals surface area (Å²) in [7, 11) is 0. The Kier molecular flexibility index (Phi) is 6.35. The lowest BCUT2D eigenvalue weighted by Crippen LogP contribution is -2.59. The van der Waals surface area contributed by atoms with Gasteiger partial charge in [-0.15, -0.1) is 0 Å². The molecule has 2 heterocycles. The van der Waals surface area contributed by atoms with Gasteiger partial charge in [-0.3, -0.25) is 14.4 Å². The highest BCUT2D eigenvalue weighted by Crippen LogP contribution is 2.34. The summed E-state index contributed by atoms with van der Waals surface area (Å²) < 4.78 is 27.1. The molecule has 2 rings (SSSR count). The average molecular weight is 357 g/mol. The van der Waals surface area contributed by atoms with E-state index in [1.807, 2.05) is 6.92 Å². The van der Waals surface area contributed by atoms with Crippen molar-refractivity contribution in [3.8, 4) is 0 Å². The Hall–Kier alpha value is -2.16. The second kappa shape index (κ2) is 8.28. The van der Waals surface area contributed by atoms with E-state index in [1.54, 1.807) is 0 Å². The van der Waals surface area contributed by atoms with E-state index in [0.29, 0.717) is 18.9 Å². The largest absolute Gasteiger partial charge is 0.481 e. The second-order valence-corrected chi connectivity index (χ2v) is 5.81. The van der Waals surface area contributed by atoms with E-state index >= 15 is 0 Å². The Bertz CT molecular complexity index is 560. The minimum Gasteiger partial charge on any atom is -0.481 e. The van der Waals surface area contributed by atoms with Crippen molar-refractivity contribution in [2.75, 3.05) is 13.2 Å². The third kappa shape index (κ3) is 4.91. The molecule has 0 bridgehead atoms. The zero-order chi connectivity index (χ0) is 18.6. The SMILES string of the molecule is CCOC1=N[C@H]2C(C1)O[C@H](COC(C)=O)[C@@H](OC(C)=O)[C@@H]2OC(C)=O. The Morgan fingerprint density at radius 1 is 1.08 bits per heavy atom. The van der Waals surface area contributed by atoms with Crippen LogP contribution in [0.5, 0.6) is 0 Å². The van der Waals surface area contributed by atoms with Gasteiger partial charge in [-0.05, 0) is 6.92 Å². The molecule has 2 aliphatic rings. The van der Waals surface area contributed by atoms with Gasteiger partial charge in [-0.25, -0.2) is 4.99 Å². The molecule has 1 fully saturated rings. The molecule has 9 heteroatoms. The van der Waals surface area contributed by atoms with Gasteiger partial charge in [0.25, 0.3) is 0 Å². The van der Waals surface area contributed by atoms with Crippen LogP contribution in [0.4, 0.5) is 0 Å².